The Kier molecular flexibility index (Phi) is 24.4. The van der Waals surface area contributed by atoms with E-state index in [1.807, 2.05) is 11.8 Å². The highest BCUT2D eigenvalue weighted by molar-refractivity contribution is 7.99. The van der Waals surface area contributed by atoms with Crippen LogP contribution in [0.15, 0.2) is 4.99 Å². The Morgan fingerprint density at radius 3 is 1.43 bits per heavy atom. The lowest BCUT2D eigenvalue weighted by molar-refractivity contribution is -0.535. The molecule has 0 fully saturated rings. The second kappa shape index (κ2) is 25.2. The van der Waals surface area contributed by atoms with Gasteiger partial charge >= 0.3 is 5.96 Å². The topological polar surface area (TPSA) is 37.1 Å². The monoisotopic (exact) mass is 541 g/mol. The lowest BCUT2D eigenvalue weighted by Gasteiger charge is -2.34. The average molecular weight is 542 g/mol. The normalized spacial score (nSPS) is 10.8. The van der Waals surface area contributed by atoms with Crippen molar-refractivity contribution in [3.63, 3.8) is 0 Å². The highest BCUT2D eigenvalue weighted by Gasteiger charge is 2.21. The van der Waals surface area contributed by atoms with E-state index < -0.39 is 0 Å². The fraction of sp³-hybridized carbons (Fsp3) is 0.933. The van der Waals surface area contributed by atoms with Gasteiger partial charge in [-0.25, -0.2) is 0 Å². The summed E-state index contributed by atoms with van der Waals surface area (Å²) in [4.78, 5) is 12.8. The highest BCUT2D eigenvalue weighted by atomic mass is 32.2. The summed E-state index contributed by atoms with van der Waals surface area (Å²) in [5, 5.41) is 3.86. The molecule has 0 radical (unpaired) electrons. The first-order chi connectivity index (χ1) is 18.1. The van der Waals surface area contributed by atoms with Crippen molar-refractivity contribution < 1.29 is 4.58 Å². The van der Waals surface area contributed by atoms with Gasteiger partial charge in [0.25, 0.3) is 0 Å². The zero-order chi connectivity index (χ0) is 27.7. The summed E-state index contributed by atoms with van der Waals surface area (Å²) in [6.45, 7) is 29.1. The Morgan fingerprint density at radius 2 is 1.03 bits per heavy atom. The second-order valence-electron chi connectivity index (χ2n) is 9.99. The average Bonchev–Trinajstić information content (AvgIpc) is 2.88. The van der Waals surface area contributed by atoms with Crippen LogP contribution < -0.4 is 5.32 Å². The fourth-order valence-electron chi connectivity index (χ4n) is 4.80. The predicted molar refractivity (Wildman–Crippen MR) is 170 cm³/mol. The Morgan fingerprint density at radius 1 is 0.595 bits per heavy atom. The molecule has 220 valence electrons. The van der Waals surface area contributed by atoms with Crippen molar-refractivity contribution in [2.24, 2.45) is 4.99 Å². The molecule has 0 unspecified atom stereocenters. The number of hydrogen-bond donors (Lipinski definition) is 1. The van der Waals surface area contributed by atoms with Gasteiger partial charge in [0.2, 0.25) is 0 Å². The van der Waals surface area contributed by atoms with E-state index in [-0.39, 0.29) is 0 Å². The highest BCUT2D eigenvalue weighted by Crippen LogP contribution is 2.07. The van der Waals surface area contributed by atoms with Crippen LogP contribution in [0.4, 0.5) is 0 Å². The molecular formula is C30H65N6S+. The van der Waals surface area contributed by atoms with E-state index in [1.165, 1.54) is 63.3 Å². The Labute approximate surface area is 236 Å². The van der Waals surface area contributed by atoms with Gasteiger partial charge in [0.15, 0.2) is 5.96 Å². The minimum atomic E-state index is 0.903. The summed E-state index contributed by atoms with van der Waals surface area (Å²) < 4.78 is 2.58. The standard InChI is InChI=1S/C30H64N6S/c1-9-19-33(20-10-2)29(34(21-11-3)22-12-4)31-17-27-37-28-18-32-30(35(23-13-5)24-14-6)36(25-15-7)26-16-8/h9-28H2,1-8H3/p+1. The molecule has 0 aromatic rings. The molecule has 0 aliphatic rings. The Hall–Kier alpha value is -1.11. The van der Waals surface area contributed by atoms with Crippen molar-refractivity contribution in [1.82, 2.24) is 20.0 Å². The second-order valence-corrected chi connectivity index (χ2v) is 11.2. The predicted octanol–water partition coefficient (Wildman–Crippen LogP) is 6.22. The summed E-state index contributed by atoms with van der Waals surface area (Å²) in [5.41, 5.74) is 0. The number of thioether (sulfide) groups is 1. The summed E-state index contributed by atoms with van der Waals surface area (Å²) in [6.07, 6.45) is 9.43. The molecule has 6 nitrogen and oxygen atoms in total. The van der Waals surface area contributed by atoms with Gasteiger partial charge in [-0.15, -0.1) is 0 Å². The van der Waals surface area contributed by atoms with Crippen LogP contribution in [0.2, 0.25) is 0 Å². The molecule has 37 heavy (non-hydrogen) atoms. The Bertz CT molecular complexity index is 536. The van der Waals surface area contributed by atoms with Gasteiger partial charge in [0.1, 0.15) is 0 Å². The number of nitrogens with one attached hydrogen (secondary N) is 1. The zero-order valence-corrected chi connectivity index (χ0v) is 27.1. The molecule has 1 N–H and O–H groups in total. The smallest absolute Gasteiger partial charge is 0.343 e. The van der Waals surface area contributed by atoms with E-state index in [1.54, 1.807) is 0 Å². The SMILES string of the molecule is CCCN(CCC)C(=NCCSCCNC(N(CCC)CCC)=[N+](CCC)CCC)N(CCC)CCC. The van der Waals surface area contributed by atoms with Crippen molar-refractivity contribution in [1.29, 1.82) is 0 Å². The first-order valence-corrected chi connectivity index (χ1v) is 17.0. The van der Waals surface area contributed by atoms with E-state index in [4.69, 9.17) is 4.99 Å². The third-order valence-electron chi connectivity index (χ3n) is 6.13. The van der Waals surface area contributed by atoms with Crippen LogP contribution in [0.3, 0.4) is 0 Å². The number of nitrogens with zero attached hydrogens (tertiary/aromatic N) is 5. The third kappa shape index (κ3) is 15.8. The lowest BCUT2D eigenvalue weighted by Crippen LogP contribution is -2.49. The molecule has 0 aliphatic heterocycles. The number of guanidine groups is 2. The summed E-state index contributed by atoms with van der Waals surface area (Å²) in [6, 6.07) is 0. The van der Waals surface area contributed by atoms with Gasteiger partial charge in [0, 0.05) is 37.7 Å². The fourth-order valence-corrected chi connectivity index (χ4v) is 5.47. The van der Waals surface area contributed by atoms with Crippen molar-refractivity contribution >= 4 is 23.7 Å². The maximum Gasteiger partial charge on any atom is 0.348 e. The van der Waals surface area contributed by atoms with Crippen LogP contribution in [-0.2, 0) is 0 Å². The van der Waals surface area contributed by atoms with Crippen molar-refractivity contribution in [2.75, 3.05) is 77.0 Å². The molecule has 0 spiro atoms. The van der Waals surface area contributed by atoms with E-state index in [0.717, 1.165) is 77.0 Å². The number of rotatable bonds is 22. The van der Waals surface area contributed by atoms with Crippen LogP contribution in [0.1, 0.15) is 107 Å². The van der Waals surface area contributed by atoms with Crippen LogP contribution in [0.25, 0.3) is 0 Å². The molecule has 0 aliphatic carbocycles. The maximum absolute atomic E-state index is 5.19. The van der Waals surface area contributed by atoms with Gasteiger partial charge in [0.05, 0.1) is 39.3 Å². The van der Waals surface area contributed by atoms with Gasteiger partial charge < -0.3 is 9.80 Å². The minimum absolute atomic E-state index is 0.903. The van der Waals surface area contributed by atoms with Gasteiger partial charge in [-0.05, 0) is 51.4 Å². The van der Waals surface area contributed by atoms with Crippen LogP contribution in [0, 0.1) is 0 Å². The van der Waals surface area contributed by atoms with E-state index in [9.17, 15) is 0 Å². The molecule has 0 aromatic carbocycles. The molecule has 0 amide bonds. The summed E-state index contributed by atoms with van der Waals surface area (Å²) >= 11 is 2.03. The minimum Gasteiger partial charge on any atom is -0.343 e. The van der Waals surface area contributed by atoms with Crippen molar-refractivity contribution in [2.45, 2.75) is 107 Å². The van der Waals surface area contributed by atoms with E-state index >= 15 is 0 Å². The quantitative estimate of drug-likeness (QED) is 0.0762. The molecule has 0 saturated heterocycles. The van der Waals surface area contributed by atoms with Crippen LogP contribution >= 0.6 is 11.8 Å². The third-order valence-corrected chi connectivity index (χ3v) is 7.10. The molecule has 0 bridgehead atoms. The first-order valence-electron chi connectivity index (χ1n) is 15.8. The van der Waals surface area contributed by atoms with Gasteiger partial charge in [-0.1, -0.05) is 55.4 Å². The molecule has 0 atom stereocenters. The van der Waals surface area contributed by atoms with Crippen LogP contribution in [-0.4, -0.2) is 108 Å². The van der Waals surface area contributed by atoms with Crippen molar-refractivity contribution in [3.8, 4) is 0 Å². The Balaban J connectivity index is 5.20. The van der Waals surface area contributed by atoms with Crippen molar-refractivity contribution in [3.05, 3.63) is 0 Å². The molecule has 0 aromatic heterocycles. The zero-order valence-electron chi connectivity index (χ0n) is 26.3. The lowest BCUT2D eigenvalue weighted by atomic mass is 10.3. The molecule has 0 saturated carbocycles. The number of aliphatic imine (C=N–C) groups is 1. The van der Waals surface area contributed by atoms with E-state index in [2.05, 4.69) is 80.0 Å². The molecule has 7 heteroatoms. The number of hydrogen-bond acceptors (Lipinski definition) is 2. The maximum atomic E-state index is 5.19. The van der Waals surface area contributed by atoms with Gasteiger partial charge in [-0.3, -0.25) is 19.8 Å². The summed E-state index contributed by atoms with van der Waals surface area (Å²) in [7, 11) is 0. The molecular weight excluding hydrogens is 476 g/mol. The summed E-state index contributed by atoms with van der Waals surface area (Å²) in [5.74, 6) is 4.80. The van der Waals surface area contributed by atoms with E-state index in [0.29, 0.717) is 0 Å². The van der Waals surface area contributed by atoms with Crippen LogP contribution in [0.5, 0.6) is 0 Å². The first kappa shape index (κ1) is 35.9. The molecule has 0 heterocycles. The van der Waals surface area contributed by atoms with Gasteiger partial charge in [-0.2, -0.15) is 11.8 Å². The molecule has 0 rings (SSSR count). The largest absolute Gasteiger partial charge is 0.348 e.